The molecule has 3 unspecified atom stereocenters. The summed E-state index contributed by atoms with van der Waals surface area (Å²) in [7, 11) is 0. The molecule has 1 aliphatic heterocycles. The van der Waals surface area contributed by atoms with E-state index in [1.165, 1.54) is 12.1 Å². The molecule has 0 saturated carbocycles. The number of morpholine rings is 1. The van der Waals surface area contributed by atoms with E-state index in [0.717, 1.165) is 31.7 Å². The number of hydrogen-bond acceptors (Lipinski definition) is 3. The third kappa shape index (κ3) is 3.53. The zero-order valence-electron chi connectivity index (χ0n) is 11.7. The molecule has 0 radical (unpaired) electrons. The van der Waals surface area contributed by atoms with Crippen LogP contribution in [0.15, 0.2) is 24.3 Å². The van der Waals surface area contributed by atoms with Crippen LogP contribution in [-0.4, -0.2) is 36.7 Å². The van der Waals surface area contributed by atoms with E-state index in [-0.39, 0.29) is 24.0 Å². The summed E-state index contributed by atoms with van der Waals surface area (Å²) < 4.78 is 18.7. The Kier molecular flexibility index (Phi) is 4.91. The molecule has 3 nitrogen and oxygen atoms in total. The van der Waals surface area contributed by atoms with Gasteiger partial charge in [-0.3, -0.25) is 4.90 Å². The van der Waals surface area contributed by atoms with Gasteiger partial charge in [0.05, 0.1) is 12.7 Å². The highest BCUT2D eigenvalue weighted by Gasteiger charge is 2.28. The number of ether oxygens (including phenoxy) is 1. The average molecular weight is 266 g/mol. The summed E-state index contributed by atoms with van der Waals surface area (Å²) in [6, 6.07) is 6.80. The Balaban J connectivity index is 2.17. The van der Waals surface area contributed by atoms with Gasteiger partial charge in [0.15, 0.2) is 0 Å². The Bertz CT molecular complexity index is 394. The molecule has 1 fully saturated rings. The molecule has 0 amide bonds. The van der Waals surface area contributed by atoms with Gasteiger partial charge in [-0.25, -0.2) is 4.39 Å². The smallest absolute Gasteiger partial charge is 0.123 e. The third-order valence-corrected chi connectivity index (χ3v) is 3.73. The van der Waals surface area contributed by atoms with Crippen molar-refractivity contribution >= 4 is 0 Å². The Hall–Kier alpha value is -0.970. The maximum Gasteiger partial charge on any atom is 0.123 e. The lowest BCUT2D eigenvalue weighted by Crippen LogP contribution is -2.48. The number of benzene rings is 1. The quantitative estimate of drug-likeness (QED) is 0.909. The van der Waals surface area contributed by atoms with Crippen LogP contribution in [0.5, 0.6) is 0 Å². The second kappa shape index (κ2) is 6.46. The molecule has 0 spiro atoms. The van der Waals surface area contributed by atoms with Crippen molar-refractivity contribution in [2.75, 3.05) is 19.7 Å². The fraction of sp³-hybridized carbons (Fsp3) is 0.600. The summed E-state index contributed by atoms with van der Waals surface area (Å²) in [5.41, 5.74) is 7.23. The molecule has 1 aliphatic rings. The topological polar surface area (TPSA) is 38.5 Å². The van der Waals surface area contributed by atoms with E-state index in [1.807, 2.05) is 19.1 Å². The van der Waals surface area contributed by atoms with Crippen LogP contribution in [-0.2, 0) is 4.74 Å². The maximum atomic E-state index is 13.0. The minimum Gasteiger partial charge on any atom is -0.376 e. The molecule has 2 N–H and O–H groups in total. The van der Waals surface area contributed by atoms with Gasteiger partial charge < -0.3 is 10.5 Å². The van der Waals surface area contributed by atoms with E-state index in [4.69, 9.17) is 10.5 Å². The number of halogens is 1. The Labute approximate surface area is 114 Å². The lowest BCUT2D eigenvalue weighted by Gasteiger charge is -2.40. The van der Waals surface area contributed by atoms with Crippen molar-refractivity contribution in [3.63, 3.8) is 0 Å². The Morgan fingerprint density at radius 1 is 1.42 bits per heavy atom. The maximum absolute atomic E-state index is 13.0. The first-order valence-electron chi connectivity index (χ1n) is 6.98. The standard InChI is InChI=1S/C15H23FN2O/c1-3-14-10-18(8-9-19-14)15(11(2)17)12-4-6-13(16)7-5-12/h4-7,11,14-15H,3,8-10,17H2,1-2H3. The lowest BCUT2D eigenvalue weighted by molar-refractivity contribution is -0.0477. The van der Waals surface area contributed by atoms with Gasteiger partial charge in [-0.05, 0) is 31.0 Å². The van der Waals surface area contributed by atoms with Crippen LogP contribution in [0.1, 0.15) is 31.9 Å². The molecular formula is C15H23FN2O. The van der Waals surface area contributed by atoms with Crippen LogP contribution in [0.2, 0.25) is 0 Å². The van der Waals surface area contributed by atoms with Gasteiger partial charge in [0, 0.05) is 25.2 Å². The monoisotopic (exact) mass is 266 g/mol. The predicted octanol–water partition coefficient (Wildman–Crippen LogP) is 2.32. The van der Waals surface area contributed by atoms with Gasteiger partial charge in [-0.1, -0.05) is 19.1 Å². The van der Waals surface area contributed by atoms with Crippen molar-refractivity contribution in [1.29, 1.82) is 0 Å². The molecule has 0 aliphatic carbocycles. The molecule has 3 atom stereocenters. The van der Waals surface area contributed by atoms with Crippen molar-refractivity contribution in [1.82, 2.24) is 4.90 Å². The normalized spacial score (nSPS) is 24.1. The van der Waals surface area contributed by atoms with Gasteiger partial charge in [0.25, 0.3) is 0 Å². The molecule has 19 heavy (non-hydrogen) atoms. The second-order valence-corrected chi connectivity index (χ2v) is 5.25. The zero-order valence-corrected chi connectivity index (χ0v) is 11.7. The molecule has 0 bridgehead atoms. The van der Waals surface area contributed by atoms with Crippen LogP contribution in [0.3, 0.4) is 0 Å². The van der Waals surface area contributed by atoms with Crippen molar-refractivity contribution in [2.24, 2.45) is 5.73 Å². The first kappa shape index (κ1) is 14.4. The van der Waals surface area contributed by atoms with Gasteiger partial charge in [-0.15, -0.1) is 0 Å². The molecule has 1 saturated heterocycles. The summed E-state index contributed by atoms with van der Waals surface area (Å²) in [6.07, 6.45) is 1.28. The molecule has 0 aromatic heterocycles. The largest absolute Gasteiger partial charge is 0.376 e. The number of nitrogens with zero attached hydrogens (tertiary/aromatic N) is 1. The van der Waals surface area contributed by atoms with Crippen molar-refractivity contribution < 1.29 is 9.13 Å². The average Bonchev–Trinajstić information content (AvgIpc) is 2.41. The fourth-order valence-corrected chi connectivity index (χ4v) is 2.75. The molecule has 1 aromatic carbocycles. The fourth-order valence-electron chi connectivity index (χ4n) is 2.75. The lowest BCUT2D eigenvalue weighted by atomic mass is 9.98. The highest BCUT2D eigenvalue weighted by atomic mass is 19.1. The third-order valence-electron chi connectivity index (χ3n) is 3.73. The molecular weight excluding hydrogens is 243 g/mol. The van der Waals surface area contributed by atoms with Crippen LogP contribution >= 0.6 is 0 Å². The summed E-state index contributed by atoms with van der Waals surface area (Å²) in [4.78, 5) is 2.36. The Morgan fingerprint density at radius 3 is 2.68 bits per heavy atom. The number of nitrogens with two attached hydrogens (primary N) is 1. The van der Waals surface area contributed by atoms with Gasteiger partial charge >= 0.3 is 0 Å². The number of rotatable bonds is 4. The summed E-state index contributed by atoms with van der Waals surface area (Å²) in [5.74, 6) is -0.208. The van der Waals surface area contributed by atoms with Gasteiger partial charge in [-0.2, -0.15) is 0 Å². The van der Waals surface area contributed by atoms with Crippen LogP contribution < -0.4 is 5.73 Å². The molecule has 106 valence electrons. The van der Waals surface area contributed by atoms with Crippen LogP contribution in [0.4, 0.5) is 4.39 Å². The highest BCUT2D eigenvalue weighted by molar-refractivity contribution is 5.21. The van der Waals surface area contributed by atoms with Crippen LogP contribution in [0.25, 0.3) is 0 Å². The van der Waals surface area contributed by atoms with Crippen molar-refractivity contribution in [3.8, 4) is 0 Å². The molecule has 2 rings (SSSR count). The van der Waals surface area contributed by atoms with E-state index in [9.17, 15) is 4.39 Å². The first-order valence-corrected chi connectivity index (χ1v) is 6.98. The summed E-state index contributed by atoms with van der Waals surface area (Å²) in [5, 5.41) is 0. The van der Waals surface area contributed by atoms with E-state index < -0.39 is 0 Å². The minimum atomic E-state index is -0.208. The van der Waals surface area contributed by atoms with E-state index >= 15 is 0 Å². The SMILES string of the molecule is CCC1CN(C(c2ccc(F)cc2)C(C)N)CCO1. The van der Waals surface area contributed by atoms with Crippen molar-refractivity contribution in [3.05, 3.63) is 35.6 Å². The zero-order chi connectivity index (χ0) is 13.8. The van der Waals surface area contributed by atoms with E-state index in [1.54, 1.807) is 0 Å². The Morgan fingerprint density at radius 2 is 2.11 bits per heavy atom. The van der Waals surface area contributed by atoms with Gasteiger partial charge in [0.1, 0.15) is 5.82 Å². The highest BCUT2D eigenvalue weighted by Crippen LogP contribution is 2.26. The van der Waals surface area contributed by atoms with E-state index in [2.05, 4.69) is 11.8 Å². The summed E-state index contributed by atoms with van der Waals surface area (Å²) in [6.45, 7) is 6.64. The molecule has 1 heterocycles. The molecule has 1 aromatic rings. The second-order valence-electron chi connectivity index (χ2n) is 5.25. The first-order chi connectivity index (χ1) is 9.11. The van der Waals surface area contributed by atoms with Crippen molar-refractivity contribution in [2.45, 2.75) is 38.5 Å². The summed E-state index contributed by atoms with van der Waals surface area (Å²) >= 11 is 0. The van der Waals surface area contributed by atoms with E-state index in [0.29, 0.717) is 0 Å². The number of hydrogen-bond donors (Lipinski definition) is 1. The minimum absolute atomic E-state index is 0.000988. The van der Waals surface area contributed by atoms with Gasteiger partial charge in [0.2, 0.25) is 0 Å². The predicted molar refractivity (Wildman–Crippen MR) is 74.4 cm³/mol. The molecule has 4 heteroatoms. The van der Waals surface area contributed by atoms with Crippen LogP contribution in [0, 0.1) is 5.82 Å².